The molecule has 1 rings (SSSR count). The van der Waals surface area contributed by atoms with Gasteiger partial charge < -0.3 is 9.84 Å². The molecular weight excluding hydrogens is 219 g/mol. The molecule has 1 fully saturated rings. The average molecular weight is 235 g/mol. The van der Waals surface area contributed by atoms with E-state index in [1.54, 1.807) is 0 Å². The van der Waals surface area contributed by atoms with Crippen molar-refractivity contribution >= 4 is 0 Å². The Morgan fingerprint density at radius 3 is 2.73 bits per heavy atom. The van der Waals surface area contributed by atoms with E-state index < -0.39 is 0 Å². The Labute approximate surface area is 87.4 Å². The minimum atomic E-state index is -0.0845. The molecule has 11 heavy (non-hydrogen) atoms. The molecule has 3 heteroatoms. The molecule has 1 N–H and O–H groups in total. The molecule has 0 aromatic heterocycles. The first-order valence-electron chi connectivity index (χ1n) is 4.12. The fourth-order valence-corrected chi connectivity index (χ4v) is 1.02. The topological polar surface area (TPSA) is 32.8 Å². The Kier molecular flexibility index (Phi) is 6.80. The van der Waals surface area contributed by atoms with Crippen LogP contribution in [0.1, 0.15) is 32.6 Å². The summed E-state index contributed by atoms with van der Waals surface area (Å²) in [6.45, 7) is 2.96. The number of aliphatic hydroxyl groups excluding tert-OH is 1. The van der Waals surface area contributed by atoms with Crippen LogP contribution in [0.2, 0.25) is 0 Å². The molecule has 64 valence electrons. The SMILES string of the molecule is CCC(O)CCCC1CO1.[Zr]. The Bertz CT molecular complexity index is 94.1. The van der Waals surface area contributed by atoms with E-state index in [0.29, 0.717) is 6.10 Å². The molecule has 1 saturated heterocycles. The molecule has 0 radical (unpaired) electrons. The third kappa shape index (κ3) is 6.01. The van der Waals surface area contributed by atoms with Crippen molar-refractivity contribution < 1.29 is 36.0 Å². The van der Waals surface area contributed by atoms with Crippen molar-refractivity contribution in [3.8, 4) is 0 Å². The minimum Gasteiger partial charge on any atom is -0.393 e. The van der Waals surface area contributed by atoms with Gasteiger partial charge in [0.15, 0.2) is 0 Å². The van der Waals surface area contributed by atoms with E-state index in [-0.39, 0.29) is 32.3 Å². The molecule has 0 aromatic rings. The van der Waals surface area contributed by atoms with Crippen LogP contribution in [0.3, 0.4) is 0 Å². The van der Waals surface area contributed by atoms with Gasteiger partial charge in [0.2, 0.25) is 0 Å². The number of hydrogen-bond acceptors (Lipinski definition) is 2. The van der Waals surface area contributed by atoms with Crippen LogP contribution in [-0.2, 0) is 30.9 Å². The second kappa shape index (κ2) is 6.33. The van der Waals surface area contributed by atoms with Gasteiger partial charge in [0.05, 0.1) is 18.8 Å². The van der Waals surface area contributed by atoms with Gasteiger partial charge in [-0.1, -0.05) is 6.92 Å². The van der Waals surface area contributed by atoms with Gasteiger partial charge in [0.1, 0.15) is 0 Å². The van der Waals surface area contributed by atoms with Crippen LogP contribution in [-0.4, -0.2) is 23.9 Å². The maximum absolute atomic E-state index is 9.15. The third-order valence-corrected chi connectivity index (χ3v) is 1.94. The number of aliphatic hydroxyl groups is 1. The zero-order chi connectivity index (χ0) is 7.40. The summed E-state index contributed by atoms with van der Waals surface area (Å²) in [7, 11) is 0. The van der Waals surface area contributed by atoms with Crippen LogP contribution in [0.15, 0.2) is 0 Å². The van der Waals surface area contributed by atoms with E-state index in [0.717, 1.165) is 32.3 Å². The van der Waals surface area contributed by atoms with Crippen molar-refractivity contribution in [1.29, 1.82) is 0 Å². The van der Waals surface area contributed by atoms with Crippen LogP contribution in [0.4, 0.5) is 0 Å². The predicted octanol–water partition coefficient (Wildman–Crippen LogP) is 1.32. The first-order chi connectivity index (χ1) is 4.83. The van der Waals surface area contributed by atoms with Crippen molar-refractivity contribution in [1.82, 2.24) is 0 Å². The molecule has 2 atom stereocenters. The van der Waals surface area contributed by atoms with Gasteiger partial charge in [-0.25, -0.2) is 0 Å². The third-order valence-electron chi connectivity index (χ3n) is 1.94. The molecule has 0 amide bonds. The molecule has 1 aliphatic rings. The van der Waals surface area contributed by atoms with Gasteiger partial charge in [0.25, 0.3) is 0 Å². The van der Waals surface area contributed by atoms with Gasteiger partial charge >= 0.3 is 0 Å². The number of rotatable bonds is 5. The summed E-state index contributed by atoms with van der Waals surface area (Å²) in [4.78, 5) is 0. The van der Waals surface area contributed by atoms with Crippen molar-refractivity contribution in [2.45, 2.75) is 44.8 Å². The van der Waals surface area contributed by atoms with Crippen LogP contribution < -0.4 is 0 Å². The predicted molar refractivity (Wildman–Crippen MR) is 39.9 cm³/mol. The Hall–Kier alpha value is 0.803. The standard InChI is InChI=1S/C8H16O2.Zr/c1-2-7(9)4-3-5-8-6-10-8;/h7-9H,2-6H2,1H3;. The zero-order valence-electron chi connectivity index (χ0n) is 7.05. The summed E-state index contributed by atoms with van der Waals surface area (Å²) < 4.78 is 5.04. The summed E-state index contributed by atoms with van der Waals surface area (Å²) in [5, 5.41) is 9.15. The molecule has 2 unspecified atom stereocenters. The summed E-state index contributed by atoms with van der Waals surface area (Å²) in [6, 6.07) is 0. The van der Waals surface area contributed by atoms with Crippen molar-refractivity contribution in [3.63, 3.8) is 0 Å². The van der Waals surface area contributed by atoms with Crippen molar-refractivity contribution in [2.24, 2.45) is 0 Å². The zero-order valence-corrected chi connectivity index (χ0v) is 9.50. The summed E-state index contributed by atoms with van der Waals surface area (Å²) >= 11 is 0. The number of ether oxygens (including phenoxy) is 1. The number of hydrogen-bond donors (Lipinski definition) is 1. The molecule has 0 aliphatic carbocycles. The average Bonchev–Trinajstić information content (AvgIpc) is 2.71. The van der Waals surface area contributed by atoms with Crippen molar-refractivity contribution in [3.05, 3.63) is 0 Å². The second-order valence-electron chi connectivity index (χ2n) is 2.95. The summed E-state index contributed by atoms with van der Waals surface area (Å²) in [5.74, 6) is 0. The molecule has 2 nitrogen and oxygen atoms in total. The Morgan fingerprint density at radius 1 is 1.64 bits per heavy atom. The van der Waals surface area contributed by atoms with Gasteiger partial charge in [-0.05, 0) is 25.7 Å². The first kappa shape index (κ1) is 11.8. The monoisotopic (exact) mass is 234 g/mol. The first-order valence-corrected chi connectivity index (χ1v) is 4.12. The van der Waals surface area contributed by atoms with E-state index in [9.17, 15) is 0 Å². The van der Waals surface area contributed by atoms with E-state index in [1.807, 2.05) is 6.92 Å². The fourth-order valence-electron chi connectivity index (χ4n) is 1.02. The summed E-state index contributed by atoms with van der Waals surface area (Å²) in [5.41, 5.74) is 0. The van der Waals surface area contributed by atoms with E-state index >= 15 is 0 Å². The van der Waals surface area contributed by atoms with E-state index in [4.69, 9.17) is 9.84 Å². The molecule has 0 saturated carbocycles. The van der Waals surface area contributed by atoms with Gasteiger partial charge in [-0.2, -0.15) is 0 Å². The maximum Gasteiger partial charge on any atom is 0.0810 e. The molecule has 0 bridgehead atoms. The number of epoxide rings is 1. The molecular formula is C8H16O2Zr. The molecule has 1 heterocycles. The molecule has 1 aliphatic heterocycles. The smallest absolute Gasteiger partial charge is 0.0810 e. The largest absolute Gasteiger partial charge is 0.393 e. The Morgan fingerprint density at radius 2 is 2.27 bits per heavy atom. The Balaban J connectivity index is 0.000001000. The summed E-state index contributed by atoms with van der Waals surface area (Å²) in [6.07, 6.45) is 4.52. The second-order valence-corrected chi connectivity index (χ2v) is 2.95. The van der Waals surface area contributed by atoms with Gasteiger partial charge in [-0.15, -0.1) is 0 Å². The quantitative estimate of drug-likeness (QED) is 0.729. The fraction of sp³-hybridized carbons (Fsp3) is 1.00. The maximum atomic E-state index is 9.15. The van der Waals surface area contributed by atoms with Crippen LogP contribution >= 0.6 is 0 Å². The van der Waals surface area contributed by atoms with Crippen LogP contribution in [0.25, 0.3) is 0 Å². The van der Waals surface area contributed by atoms with Crippen molar-refractivity contribution in [2.75, 3.05) is 6.61 Å². The van der Waals surface area contributed by atoms with E-state index in [2.05, 4.69) is 0 Å². The van der Waals surface area contributed by atoms with E-state index in [1.165, 1.54) is 0 Å². The van der Waals surface area contributed by atoms with Crippen LogP contribution in [0.5, 0.6) is 0 Å². The minimum absolute atomic E-state index is 0. The van der Waals surface area contributed by atoms with Crippen LogP contribution in [0, 0.1) is 0 Å². The normalized spacial score (nSPS) is 24.0. The molecule has 0 spiro atoms. The van der Waals surface area contributed by atoms with Gasteiger partial charge in [-0.3, -0.25) is 0 Å². The molecule has 0 aromatic carbocycles. The van der Waals surface area contributed by atoms with Gasteiger partial charge in [0, 0.05) is 26.2 Å².